The number of aryl methyl sites for hydroxylation is 1. The topological polar surface area (TPSA) is 68.4 Å². The molecule has 0 spiro atoms. The van der Waals surface area contributed by atoms with Gasteiger partial charge in [0.25, 0.3) is 11.8 Å². The summed E-state index contributed by atoms with van der Waals surface area (Å²) in [4.78, 5) is 33.9. The second-order valence-electron chi connectivity index (χ2n) is 9.17. The van der Waals surface area contributed by atoms with E-state index in [2.05, 4.69) is 15.2 Å². The first kappa shape index (κ1) is 20.9. The molecule has 0 radical (unpaired) electrons. The number of benzene rings is 1. The predicted molar refractivity (Wildman–Crippen MR) is 123 cm³/mol. The van der Waals surface area contributed by atoms with E-state index < -0.39 is 0 Å². The third-order valence-corrected chi connectivity index (χ3v) is 7.05. The molecule has 4 heterocycles. The summed E-state index contributed by atoms with van der Waals surface area (Å²) >= 11 is 0. The number of hydrogen-bond acceptors (Lipinski definition) is 3. The maximum Gasteiger partial charge on any atom is 0.256 e. The van der Waals surface area contributed by atoms with Gasteiger partial charge in [0, 0.05) is 41.8 Å². The molecule has 0 aliphatic carbocycles. The van der Waals surface area contributed by atoms with Gasteiger partial charge < -0.3 is 20.1 Å². The van der Waals surface area contributed by atoms with Crippen LogP contribution in [0.3, 0.4) is 0 Å². The lowest BCUT2D eigenvalue weighted by molar-refractivity contribution is -0.110. The number of aromatic nitrogens is 1. The molecule has 1 aromatic heterocycles. The van der Waals surface area contributed by atoms with Crippen molar-refractivity contribution in [3.05, 3.63) is 52.1 Å². The Kier molecular flexibility index (Phi) is 5.37. The number of nitrogens with zero attached hydrogens (tertiary/aromatic N) is 2. The standard InChI is InChI=1S/C25H29FN4O2/c1-15-22(13-20-19-12-17(26)7-8-21(19)28-24(20)31)27-16(2)23(15)25(32)30-11-5-6-18(30)14-29-9-3-4-10-29/h7-8,12-13,18,27H,3-6,9-11,14H2,1-2H3,(H,28,31)/b20-13-/t18-/m1/s1. The van der Waals surface area contributed by atoms with E-state index in [4.69, 9.17) is 0 Å². The fourth-order valence-corrected chi connectivity index (χ4v) is 5.39. The maximum absolute atomic E-state index is 13.8. The predicted octanol–water partition coefficient (Wildman–Crippen LogP) is 3.96. The molecule has 2 saturated heterocycles. The molecule has 0 saturated carbocycles. The number of aromatic amines is 1. The van der Waals surface area contributed by atoms with Crippen LogP contribution in [0.5, 0.6) is 0 Å². The molecule has 3 aliphatic heterocycles. The number of hydrogen-bond donors (Lipinski definition) is 2. The van der Waals surface area contributed by atoms with Crippen LogP contribution >= 0.6 is 0 Å². The number of rotatable bonds is 4. The zero-order valence-electron chi connectivity index (χ0n) is 18.6. The number of carbonyl (C=O) groups excluding carboxylic acids is 2. The van der Waals surface area contributed by atoms with Crippen LogP contribution in [0.4, 0.5) is 10.1 Å². The quantitative estimate of drug-likeness (QED) is 0.713. The summed E-state index contributed by atoms with van der Waals surface area (Å²) in [5, 5.41) is 2.78. The van der Waals surface area contributed by atoms with Gasteiger partial charge >= 0.3 is 0 Å². The molecule has 2 fully saturated rings. The fraction of sp³-hybridized carbons (Fsp3) is 0.440. The molecule has 168 valence electrons. The SMILES string of the molecule is Cc1[nH]c(/C=C2\C(=O)Nc3ccc(F)cc32)c(C)c1C(=O)N1CCC[C@@H]1CN1CCCC1. The number of anilines is 1. The van der Waals surface area contributed by atoms with Gasteiger partial charge in [-0.05, 0) is 82.5 Å². The molecular weight excluding hydrogens is 407 g/mol. The molecule has 3 aliphatic rings. The van der Waals surface area contributed by atoms with Crippen LogP contribution in [0.1, 0.15) is 58.6 Å². The Balaban J connectivity index is 1.43. The van der Waals surface area contributed by atoms with Crippen LogP contribution in [0.15, 0.2) is 18.2 Å². The molecule has 2 aromatic rings. The van der Waals surface area contributed by atoms with Crippen LogP contribution in [0.25, 0.3) is 11.6 Å². The van der Waals surface area contributed by atoms with Crippen LogP contribution in [-0.2, 0) is 4.79 Å². The Morgan fingerprint density at radius 1 is 1.19 bits per heavy atom. The van der Waals surface area contributed by atoms with Crippen LogP contribution in [-0.4, -0.2) is 58.8 Å². The minimum absolute atomic E-state index is 0.0601. The van der Waals surface area contributed by atoms with Crippen LogP contribution in [0.2, 0.25) is 0 Å². The van der Waals surface area contributed by atoms with E-state index in [1.165, 1.54) is 25.0 Å². The van der Waals surface area contributed by atoms with Crippen molar-refractivity contribution >= 4 is 29.2 Å². The highest BCUT2D eigenvalue weighted by molar-refractivity contribution is 6.34. The summed E-state index contributed by atoms with van der Waals surface area (Å²) in [6, 6.07) is 4.52. The molecule has 32 heavy (non-hydrogen) atoms. The minimum atomic E-state index is -0.389. The second-order valence-corrected chi connectivity index (χ2v) is 9.17. The van der Waals surface area contributed by atoms with Gasteiger partial charge in [0.15, 0.2) is 0 Å². The highest BCUT2D eigenvalue weighted by Gasteiger charge is 2.34. The highest BCUT2D eigenvalue weighted by Crippen LogP contribution is 2.35. The molecule has 6 nitrogen and oxygen atoms in total. The lowest BCUT2D eigenvalue weighted by atomic mass is 10.0. The zero-order chi connectivity index (χ0) is 22.4. The molecule has 1 atom stereocenters. The van der Waals surface area contributed by atoms with Gasteiger partial charge in [0.05, 0.1) is 11.1 Å². The van der Waals surface area contributed by atoms with E-state index in [0.717, 1.165) is 50.3 Å². The number of halogens is 1. The normalized spacial score (nSPS) is 22.1. The average molecular weight is 437 g/mol. The first-order valence-electron chi connectivity index (χ1n) is 11.5. The molecule has 0 bridgehead atoms. The van der Waals surface area contributed by atoms with E-state index >= 15 is 0 Å². The van der Waals surface area contributed by atoms with Crippen molar-refractivity contribution in [3.8, 4) is 0 Å². The van der Waals surface area contributed by atoms with Crippen LogP contribution < -0.4 is 5.32 Å². The summed E-state index contributed by atoms with van der Waals surface area (Å²) in [6.07, 6.45) is 6.30. The highest BCUT2D eigenvalue weighted by atomic mass is 19.1. The number of carbonyl (C=O) groups is 2. The third kappa shape index (κ3) is 3.64. The molecule has 2 amide bonds. The van der Waals surface area contributed by atoms with E-state index in [1.54, 1.807) is 12.1 Å². The first-order chi connectivity index (χ1) is 15.4. The summed E-state index contributed by atoms with van der Waals surface area (Å²) in [6.45, 7) is 7.80. The van der Waals surface area contributed by atoms with Crippen molar-refractivity contribution in [2.75, 3.05) is 31.5 Å². The van der Waals surface area contributed by atoms with Gasteiger partial charge in [-0.3, -0.25) is 9.59 Å². The Morgan fingerprint density at radius 3 is 2.75 bits per heavy atom. The molecule has 2 N–H and O–H groups in total. The minimum Gasteiger partial charge on any atom is -0.358 e. The third-order valence-electron chi connectivity index (χ3n) is 7.05. The molecular formula is C25H29FN4O2. The van der Waals surface area contributed by atoms with Crippen molar-refractivity contribution in [1.82, 2.24) is 14.8 Å². The summed E-state index contributed by atoms with van der Waals surface area (Å²) in [5.74, 6) is -0.597. The fourth-order valence-electron chi connectivity index (χ4n) is 5.39. The van der Waals surface area contributed by atoms with E-state index in [-0.39, 0.29) is 23.7 Å². The van der Waals surface area contributed by atoms with E-state index in [1.807, 2.05) is 18.7 Å². The monoisotopic (exact) mass is 436 g/mol. The van der Waals surface area contributed by atoms with E-state index in [0.29, 0.717) is 28.1 Å². The Bertz CT molecular complexity index is 1110. The number of H-pyrrole nitrogens is 1. The lowest BCUT2D eigenvalue weighted by Gasteiger charge is -2.28. The second kappa shape index (κ2) is 8.20. The molecule has 7 heteroatoms. The Labute approximate surface area is 187 Å². The van der Waals surface area contributed by atoms with Gasteiger partial charge in [-0.1, -0.05) is 0 Å². The van der Waals surface area contributed by atoms with Crippen molar-refractivity contribution in [2.45, 2.75) is 45.6 Å². The van der Waals surface area contributed by atoms with Crippen molar-refractivity contribution in [1.29, 1.82) is 0 Å². The van der Waals surface area contributed by atoms with Crippen molar-refractivity contribution in [3.63, 3.8) is 0 Å². The largest absolute Gasteiger partial charge is 0.358 e. The number of nitrogens with one attached hydrogen (secondary N) is 2. The molecule has 5 rings (SSSR count). The first-order valence-corrected chi connectivity index (χ1v) is 11.5. The molecule has 1 aromatic carbocycles. The Morgan fingerprint density at radius 2 is 1.97 bits per heavy atom. The van der Waals surface area contributed by atoms with Crippen molar-refractivity contribution < 1.29 is 14.0 Å². The smallest absolute Gasteiger partial charge is 0.256 e. The number of fused-ring (bicyclic) bond motifs is 1. The van der Waals surface area contributed by atoms with E-state index in [9.17, 15) is 14.0 Å². The van der Waals surface area contributed by atoms with Gasteiger partial charge in [-0.15, -0.1) is 0 Å². The maximum atomic E-state index is 13.8. The zero-order valence-corrected chi connectivity index (χ0v) is 18.6. The summed E-state index contributed by atoms with van der Waals surface area (Å²) in [7, 11) is 0. The van der Waals surface area contributed by atoms with Crippen molar-refractivity contribution in [2.24, 2.45) is 0 Å². The van der Waals surface area contributed by atoms with Crippen LogP contribution in [0, 0.1) is 19.7 Å². The van der Waals surface area contributed by atoms with Gasteiger partial charge in [0.1, 0.15) is 5.82 Å². The van der Waals surface area contributed by atoms with Gasteiger partial charge in [-0.25, -0.2) is 4.39 Å². The molecule has 0 unspecified atom stereocenters. The lowest BCUT2D eigenvalue weighted by Crippen LogP contribution is -2.42. The summed E-state index contributed by atoms with van der Waals surface area (Å²) < 4.78 is 13.8. The number of likely N-dealkylation sites (tertiary alicyclic amines) is 2. The summed E-state index contributed by atoms with van der Waals surface area (Å²) in [5.41, 5.74) is 4.55. The average Bonchev–Trinajstić information content (AvgIpc) is 3.53. The number of amides is 2. The van der Waals surface area contributed by atoms with Gasteiger partial charge in [0.2, 0.25) is 0 Å². The van der Waals surface area contributed by atoms with Gasteiger partial charge in [-0.2, -0.15) is 0 Å². The Hall–Kier alpha value is -2.93.